The van der Waals surface area contributed by atoms with E-state index in [1.807, 2.05) is 12.1 Å². The van der Waals surface area contributed by atoms with Crippen molar-refractivity contribution in [3.05, 3.63) is 57.9 Å². The molecule has 0 spiro atoms. The Morgan fingerprint density at radius 1 is 1.26 bits per heavy atom. The van der Waals surface area contributed by atoms with E-state index in [1.54, 1.807) is 25.3 Å². The van der Waals surface area contributed by atoms with Crippen LogP contribution in [0.2, 0.25) is 0 Å². The van der Waals surface area contributed by atoms with Crippen molar-refractivity contribution in [1.82, 2.24) is 10.3 Å². The van der Waals surface area contributed by atoms with Crippen LogP contribution in [0, 0.1) is 5.82 Å². The van der Waals surface area contributed by atoms with Crippen LogP contribution in [0.1, 0.15) is 11.3 Å². The molecule has 0 atom stereocenters. The van der Waals surface area contributed by atoms with Crippen LogP contribution in [0.4, 0.5) is 4.39 Å². The summed E-state index contributed by atoms with van der Waals surface area (Å²) in [7, 11) is 1.58. The summed E-state index contributed by atoms with van der Waals surface area (Å²) in [6.45, 7) is 1.01. The summed E-state index contributed by atoms with van der Waals surface area (Å²) in [5.41, 5.74) is 1.48. The first-order valence-electron chi connectivity index (χ1n) is 5.83. The number of benzene rings is 1. The van der Waals surface area contributed by atoms with Crippen LogP contribution in [-0.2, 0) is 13.1 Å². The Kier molecular flexibility index (Phi) is 4.87. The van der Waals surface area contributed by atoms with Crippen LogP contribution in [0.25, 0.3) is 0 Å². The normalized spacial score (nSPS) is 10.5. The van der Waals surface area contributed by atoms with E-state index in [0.29, 0.717) is 24.5 Å². The number of halogens is 2. The maximum atomic E-state index is 13.5. The van der Waals surface area contributed by atoms with E-state index >= 15 is 0 Å². The number of pyridine rings is 1. The highest BCUT2D eigenvalue weighted by Crippen LogP contribution is 2.15. The van der Waals surface area contributed by atoms with E-state index in [9.17, 15) is 4.39 Å². The molecule has 1 heterocycles. The smallest absolute Gasteiger partial charge is 0.213 e. The Morgan fingerprint density at radius 2 is 2.11 bits per heavy atom. The minimum absolute atomic E-state index is 0.214. The topological polar surface area (TPSA) is 34.1 Å². The number of nitrogens with zero attached hydrogens (tertiary/aromatic N) is 1. The highest BCUT2D eigenvalue weighted by Gasteiger charge is 2.03. The van der Waals surface area contributed by atoms with Crippen molar-refractivity contribution in [3.8, 4) is 5.88 Å². The second-order valence-corrected chi connectivity index (χ2v) is 4.93. The third kappa shape index (κ3) is 4.01. The van der Waals surface area contributed by atoms with Gasteiger partial charge < -0.3 is 10.1 Å². The van der Waals surface area contributed by atoms with Crippen molar-refractivity contribution in [2.45, 2.75) is 13.1 Å². The lowest BCUT2D eigenvalue weighted by Crippen LogP contribution is -2.14. The average molecular weight is 325 g/mol. The monoisotopic (exact) mass is 324 g/mol. The number of nitrogens with one attached hydrogen (secondary N) is 1. The highest BCUT2D eigenvalue weighted by atomic mass is 79.9. The molecule has 100 valence electrons. The Morgan fingerprint density at radius 3 is 2.89 bits per heavy atom. The van der Waals surface area contributed by atoms with Crippen LogP contribution in [0.5, 0.6) is 5.88 Å². The molecule has 0 fully saturated rings. The predicted octanol–water partition coefficient (Wildman–Crippen LogP) is 3.28. The van der Waals surface area contributed by atoms with Crippen LogP contribution < -0.4 is 10.1 Å². The Hall–Kier alpha value is -1.46. The fraction of sp³-hybridized carbons (Fsp3) is 0.214. The molecule has 3 nitrogen and oxygen atoms in total. The molecule has 1 N–H and O–H groups in total. The van der Waals surface area contributed by atoms with Crippen molar-refractivity contribution in [2.75, 3.05) is 7.11 Å². The molecule has 19 heavy (non-hydrogen) atoms. The fourth-order valence-corrected chi connectivity index (χ4v) is 2.08. The summed E-state index contributed by atoms with van der Waals surface area (Å²) >= 11 is 3.33. The van der Waals surface area contributed by atoms with E-state index in [0.717, 1.165) is 10.2 Å². The zero-order valence-electron chi connectivity index (χ0n) is 10.5. The summed E-state index contributed by atoms with van der Waals surface area (Å²) in [4.78, 5) is 4.27. The minimum atomic E-state index is -0.214. The van der Waals surface area contributed by atoms with Gasteiger partial charge in [-0.25, -0.2) is 9.37 Å². The van der Waals surface area contributed by atoms with Gasteiger partial charge in [-0.2, -0.15) is 0 Å². The lowest BCUT2D eigenvalue weighted by atomic mass is 10.2. The third-order valence-electron chi connectivity index (χ3n) is 2.62. The van der Waals surface area contributed by atoms with Crippen LogP contribution in [-0.4, -0.2) is 12.1 Å². The van der Waals surface area contributed by atoms with Gasteiger partial charge in [0.1, 0.15) is 5.82 Å². The van der Waals surface area contributed by atoms with Gasteiger partial charge >= 0.3 is 0 Å². The first kappa shape index (κ1) is 14.0. The molecule has 0 saturated carbocycles. The third-order valence-corrected chi connectivity index (χ3v) is 3.11. The van der Waals surface area contributed by atoms with E-state index in [2.05, 4.69) is 26.2 Å². The SMILES string of the molecule is COc1cccc(CNCc2cc(Br)ccc2F)n1. The molecule has 0 unspecified atom stereocenters. The van der Waals surface area contributed by atoms with Crippen LogP contribution >= 0.6 is 15.9 Å². The second kappa shape index (κ2) is 6.63. The van der Waals surface area contributed by atoms with Gasteiger partial charge in [-0.1, -0.05) is 22.0 Å². The molecule has 0 aliphatic rings. The standard InChI is InChI=1S/C14H14BrFN2O/c1-19-14-4-2-3-12(18-14)9-17-8-10-7-11(15)5-6-13(10)16/h2-7,17H,8-9H2,1H3. The number of rotatable bonds is 5. The van der Waals surface area contributed by atoms with Gasteiger partial charge in [0.2, 0.25) is 5.88 Å². The molecule has 0 aliphatic heterocycles. The van der Waals surface area contributed by atoms with Crippen molar-refractivity contribution in [1.29, 1.82) is 0 Å². The molecule has 1 aromatic heterocycles. The van der Waals surface area contributed by atoms with E-state index in [4.69, 9.17) is 4.74 Å². The van der Waals surface area contributed by atoms with Crippen molar-refractivity contribution < 1.29 is 9.13 Å². The molecule has 0 aliphatic carbocycles. The molecule has 2 rings (SSSR count). The quantitative estimate of drug-likeness (QED) is 0.916. The summed E-state index contributed by atoms with van der Waals surface area (Å²) in [5.74, 6) is 0.363. The van der Waals surface area contributed by atoms with Gasteiger partial charge in [0, 0.05) is 29.2 Å². The van der Waals surface area contributed by atoms with Crippen molar-refractivity contribution in [2.24, 2.45) is 0 Å². The zero-order chi connectivity index (χ0) is 13.7. The van der Waals surface area contributed by atoms with E-state index in [1.165, 1.54) is 6.07 Å². The first-order valence-corrected chi connectivity index (χ1v) is 6.63. The number of aromatic nitrogens is 1. The summed E-state index contributed by atoms with van der Waals surface area (Å²) in [6, 6.07) is 10.5. The van der Waals surface area contributed by atoms with E-state index in [-0.39, 0.29) is 5.82 Å². The molecule has 1 aromatic carbocycles. The highest BCUT2D eigenvalue weighted by molar-refractivity contribution is 9.10. The molecule has 0 radical (unpaired) electrons. The van der Waals surface area contributed by atoms with Gasteiger partial charge in [-0.3, -0.25) is 0 Å². The molecule has 5 heteroatoms. The fourth-order valence-electron chi connectivity index (χ4n) is 1.67. The second-order valence-electron chi connectivity index (χ2n) is 4.01. The molecule has 2 aromatic rings. The minimum Gasteiger partial charge on any atom is -0.481 e. The Labute approximate surface area is 119 Å². The first-order chi connectivity index (χ1) is 9.19. The molecular formula is C14H14BrFN2O. The van der Waals surface area contributed by atoms with E-state index < -0.39 is 0 Å². The predicted molar refractivity (Wildman–Crippen MR) is 75.4 cm³/mol. The van der Waals surface area contributed by atoms with Gasteiger partial charge in [0.05, 0.1) is 12.8 Å². The van der Waals surface area contributed by atoms with Gasteiger partial charge in [-0.15, -0.1) is 0 Å². The number of ether oxygens (including phenoxy) is 1. The molecule has 0 saturated heterocycles. The lowest BCUT2D eigenvalue weighted by molar-refractivity contribution is 0.395. The number of hydrogen-bond acceptors (Lipinski definition) is 3. The van der Waals surface area contributed by atoms with Crippen molar-refractivity contribution >= 4 is 15.9 Å². The maximum absolute atomic E-state index is 13.5. The lowest BCUT2D eigenvalue weighted by Gasteiger charge is -2.07. The van der Waals surface area contributed by atoms with Crippen LogP contribution in [0.3, 0.4) is 0 Å². The summed E-state index contributed by atoms with van der Waals surface area (Å²) in [6.07, 6.45) is 0. The number of methoxy groups -OCH3 is 1. The van der Waals surface area contributed by atoms with Gasteiger partial charge in [-0.05, 0) is 24.3 Å². The molecular weight excluding hydrogens is 311 g/mol. The Bertz CT molecular complexity index is 563. The number of hydrogen-bond donors (Lipinski definition) is 1. The summed E-state index contributed by atoms with van der Waals surface area (Å²) in [5, 5.41) is 3.16. The van der Waals surface area contributed by atoms with Gasteiger partial charge in [0.25, 0.3) is 0 Å². The molecule has 0 amide bonds. The Balaban J connectivity index is 1.94. The zero-order valence-corrected chi connectivity index (χ0v) is 12.1. The summed E-state index contributed by atoms with van der Waals surface area (Å²) < 4.78 is 19.4. The van der Waals surface area contributed by atoms with Crippen LogP contribution in [0.15, 0.2) is 40.9 Å². The molecule has 0 bridgehead atoms. The van der Waals surface area contributed by atoms with Gasteiger partial charge in [0.15, 0.2) is 0 Å². The largest absolute Gasteiger partial charge is 0.481 e. The van der Waals surface area contributed by atoms with Crippen molar-refractivity contribution in [3.63, 3.8) is 0 Å². The average Bonchev–Trinajstić information content (AvgIpc) is 2.43. The maximum Gasteiger partial charge on any atom is 0.213 e.